The average molecular weight is 286 g/mol. The third kappa shape index (κ3) is 3.95. The van der Waals surface area contributed by atoms with Crippen LogP contribution in [0.15, 0.2) is 42.5 Å². The van der Waals surface area contributed by atoms with Crippen molar-refractivity contribution in [3.05, 3.63) is 63.7 Å². The zero-order valence-electron chi connectivity index (χ0n) is 12.1. The van der Waals surface area contributed by atoms with Gasteiger partial charge in [0.2, 0.25) is 0 Å². The molecule has 0 atom stereocenters. The van der Waals surface area contributed by atoms with Crippen molar-refractivity contribution in [1.82, 2.24) is 0 Å². The Morgan fingerprint density at radius 3 is 2.76 bits per heavy atom. The molecule has 0 aromatic heterocycles. The molecule has 0 saturated heterocycles. The van der Waals surface area contributed by atoms with Crippen LogP contribution in [0.4, 0.5) is 11.4 Å². The fourth-order valence-electron chi connectivity index (χ4n) is 2.05. The van der Waals surface area contributed by atoms with E-state index in [2.05, 4.69) is 5.32 Å². The summed E-state index contributed by atoms with van der Waals surface area (Å²) in [5.74, 6) is 0.801. The molecule has 5 heteroatoms. The summed E-state index contributed by atoms with van der Waals surface area (Å²) >= 11 is 0. The lowest BCUT2D eigenvalue weighted by molar-refractivity contribution is -0.384. The summed E-state index contributed by atoms with van der Waals surface area (Å²) < 4.78 is 5.44. The van der Waals surface area contributed by atoms with E-state index in [0.717, 1.165) is 16.9 Å². The number of aryl methyl sites for hydroxylation is 1. The van der Waals surface area contributed by atoms with E-state index in [1.807, 2.05) is 44.2 Å². The number of anilines is 1. The molecule has 0 aliphatic rings. The molecular weight excluding hydrogens is 268 g/mol. The van der Waals surface area contributed by atoms with Gasteiger partial charge in [0, 0.05) is 12.6 Å². The molecule has 5 nitrogen and oxygen atoms in total. The standard InChI is InChI=1S/C16H18N2O3/c1-3-21-14-6-4-5-13(10-14)11-17-15-8-7-12(2)9-16(15)18(19)20/h4-10,17H,3,11H2,1-2H3. The first-order valence-electron chi connectivity index (χ1n) is 6.81. The fraction of sp³-hybridized carbons (Fsp3) is 0.250. The summed E-state index contributed by atoms with van der Waals surface area (Å²) in [6.45, 7) is 4.88. The maximum atomic E-state index is 11.1. The number of benzene rings is 2. The van der Waals surface area contributed by atoms with Crippen LogP contribution in [0.1, 0.15) is 18.1 Å². The maximum absolute atomic E-state index is 11.1. The van der Waals surface area contributed by atoms with Crippen molar-refractivity contribution in [2.75, 3.05) is 11.9 Å². The van der Waals surface area contributed by atoms with Crippen molar-refractivity contribution in [2.45, 2.75) is 20.4 Å². The van der Waals surface area contributed by atoms with Gasteiger partial charge in [0.1, 0.15) is 11.4 Å². The first-order valence-corrected chi connectivity index (χ1v) is 6.81. The number of ether oxygens (including phenoxy) is 1. The van der Waals surface area contributed by atoms with E-state index >= 15 is 0 Å². The van der Waals surface area contributed by atoms with Crippen LogP contribution in [-0.2, 0) is 6.54 Å². The molecule has 0 heterocycles. The second-order valence-corrected chi connectivity index (χ2v) is 4.71. The maximum Gasteiger partial charge on any atom is 0.292 e. The van der Waals surface area contributed by atoms with Gasteiger partial charge < -0.3 is 10.1 Å². The lowest BCUT2D eigenvalue weighted by atomic mass is 10.1. The number of rotatable bonds is 6. The summed E-state index contributed by atoms with van der Waals surface area (Å²) in [5.41, 5.74) is 2.49. The Hall–Kier alpha value is -2.56. The largest absolute Gasteiger partial charge is 0.494 e. The highest BCUT2D eigenvalue weighted by atomic mass is 16.6. The van der Waals surface area contributed by atoms with Crippen molar-refractivity contribution >= 4 is 11.4 Å². The quantitative estimate of drug-likeness (QED) is 0.646. The topological polar surface area (TPSA) is 64.4 Å². The second kappa shape index (κ2) is 6.74. The monoisotopic (exact) mass is 286 g/mol. The SMILES string of the molecule is CCOc1cccc(CNc2ccc(C)cc2[N+](=O)[O-])c1. The summed E-state index contributed by atoms with van der Waals surface area (Å²) in [5, 5.41) is 14.2. The van der Waals surface area contributed by atoms with Crippen LogP contribution < -0.4 is 10.1 Å². The predicted molar refractivity (Wildman–Crippen MR) is 82.8 cm³/mol. The van der Waals surface area contributed by atoms with Gasteiger partial charge in [-0.3, -0.25) is 10.1 Å². The molecule has 2 aromatic carbocycles. The van der Waals surface area contributed by atoms with E-state index in [1.54, 1.807) is 12.1 Å². The van der Waals surface area contributed by atoms with Crippen LogP contribution in [0.2, 0.25) is 0 Å². The van der Waals surface area contributed by atoms with Gasteiger partial charge in [-0.05, 0) is 43.2 Å². The lowest BCUT2D eigenvalue weighted by Crippen LogP contribution is -2.03. The zero-order chi connectivity index (χ0) is 15.2. The molecule has 0 saturated carbocycles. The predicted octanol–water partition coefficient (Wildman–Crippen LogP) is 3.91. The van der Waals surface area contributed by atoms with Gasteiger partial charge in [-0.2, -0.15) is 0 Å². The van der Waals surface area contributed by atoms with Crippen LogP contribution >= 0.6 is 0 Å². The number of nitrogens with one attached hydrogen (secondary N) is 1. The fourth-order valence-corrected chi connectivity index (χ4v) is 2.05. The van der Waals surface area contributed by atoms with E-state index in [9.17, 15) is 10.1 Å². The Morgan fingerprint density at radius 1 is 1.24 bits per heavy atom. The number of nitro benzene ring substituents is 1. The molecule has 0 aliphatic carbocycles. The van der Waals surface area contributed by atoms with Crippen molar-refractivity contribution in [3.63, 3.8) is 0 Å². The summed E-state index contributed by atoms with van der Waals surface area (Å²) in [4.78, 5) is 10.7. The number of hydrogen-bond donors (Lipinski definition) is 1. The van der Waals surface area contributed by atoms with Gasteiger partial charge in [-0.1, -0.05) is 18.2 Å². The van der Waals surface area contributed by atoms with Crippen LogP contribution in [0.5, 0.6) is 5.75 Å². The number of hydrogen-bond acceptors (Lipinski definition) is 4. The van der Waals surface area contributed by atoms with Crippen molar-refractivity contribution in [2.24, 2.45) is 0 Å². The van der Waals surface area contributed by atoms with E-state index in [0.29, 0.717) is 18.8 Å². The van der Waals surface area contributed by atoms with Gasteiger partial charge in [0.05, 0.1) is 11.5 Å². The highest BCUT2D eigenvalue weighted by molar-refractivity contribution is 5.62. The van der Waals surface area contributed by atoms with E-state index < -0.39 is 0 Å². The Balaban J connectivity index is 2.13. The van der Waals surface area contributed by atoms with Crippen molar-refractivity contribution in [3.8, 4) is 5.75 Å². The summed E-state index contributed by atoms with van der Waals surface area (Å²) in [6.07, 6.45) is 0. The molecule has 0 spiro atoms. The molecule has 2 rings (SSSR count). The summed E-state index contributed by atoms with van der Waals surface area (Å²) in [7, 11) is 0. The third-order valence-electron chi connectivity index (χ3n) is 3.04. The zero-order valence-corrected chi connectivity index (χ0v) is 12.1. The molecule has 0 aliphatic heterocycles. The highest BCUT2D eigenvalue weighted by Crippen LogP contribution is 2.26. The van der Waals surface area contributed by atoms with Gasteiger partial charge in [0.25, 0.3) is 5.69 Å². The van der Waals surface area contributed by atoms with Crippen molar-refractivity contribution in [1.29, 1.82) is 0 Å². The van der Waals surface area contributed by atoms with E-state index in [1.165, 1.54) is 0 Å². The molecule has 0 unspecified atom stereocenters. The van der Waals surface area contributed by atoms with Crippen LogP contribution in [0, 0.1) is 17.0 Å². The number of nitrogens with zero attached hydrogens (tertiary/aromatic N) is 1. The van der Waals surface area contributed by atoms with E-state index in [4.69, 9.17) is 4.74 Å². The molecule has 0 fully saturated rings. The molecular formula is C16H18N2O3. The Bertz CT molecular complexity index is 641. The van der Waals surface area contributed by atoms with Gasteiger partial charge in [-0.25, -0.2) is 0 Å². The molecule has 2 aromatic rings. The van der Waals surface area contributed by atoms with Gasteiger partial charge >= 0.3 is 0 Å². The molecule has 0 bridgehead atoms. The lowest BCUT2D eigenvalue weighted by Gasteiger charge is -2.09. The molecule has 1 N–H and O–H groups in total. The third-order valence-corrected chi connectivity index (χ3v) is 3.04. The van der Waals surface area contributed by atoms with Crippen LogP contribution in [-0.4, -0.2) is 11.5 Å². The Kier molecular flexibility index (Phi) is 4.77. The minimum Gasteiger partial charge on any atom is -0.494 e. The minimum atomic E-state index is -0.369. The number of nitro groups is 1. The normalized spacial score (nSPS) is 10.2. The molecule has 21 heavy (non-hydrogen) atoms. The van der Waals surface area contributed by atoms with E-state index in [-0.39, 0.29) is 10.6 Å². The van der Waals surface area contributed by atoms with Gasteiger partial charge in [0.15, 0.2) is 0 Å². The molecule has 0 radical (unpaired) electrons. The smallest absolute Gasteiger partial charge is 0.292 e. The first-order chi connectivity index (χ1) is 10.1. The van der Waals surface area contributed by atoms with Gasteiger partial charge in [-0.15, -0.1) is 0 Å². The molecule has 0 amide bonds. The Morgan fingerprint density at radius 2 is 2.05 bits per heavy atom. The Labute approximate surface area is 123 Å². The van der Waals surface area contributed by atoms with Crippen molar-refractivity contribution < 1.29 is 9.66 Å². The highest BCUT2D eigenvalue weighted by Gasteiger charge is 2.13. The minimum absolute atomic E-state index is 0.0935. The van der Waals surface area contributed by atoms with Crippen LogP contribution in [0.3, 0.4) is 0 Å². The second-order valence-electron chi connectivity index (χ2n) is 4.71. The van der Waals surface area contributed by atoms with Crippen LogP contribution in [0.25, 0.3) is 0 Å². The molecule has 110 valence electrons. The summed E-state index contributed by atoms with van der Waals surface area (Å²) in [6, 6.07) is 12.8. The average Bonchev–Trinajstić information content (AvgIpc) is 2.46. The first kappa shape index (κ1) is 14.8.